The van der Waals surface area contributed by atoms with Crippen LogP contribution in [0.1, 0.15) is 0 Å². The van der Waals surface area contributed by atoms with Crippen LogP contribution in [0, 0.1) is 0 Å². The van der Waals surface area contributed by atoms with Gasteiger partial charge in [0.25, 0.3) is 0 Å². The largest absolute Gasteiger partial charge is 0.228 e. The van der Waals surface area contributed by atoms with Crippen molar-refractivity contribution in [2.24, 2.45) is 0 Å². The fourth-order valence-corrected chi connectivity index (χ4v) is 6.93. The lowest BCUT2D eigenvalue weighted by molar-refractivity contribution is 1.19. The maximum absolute atomic E-state index is 5.32. The molecule has 0 radical (unpaired) electrons. The SMILES string of the molecule is c1ccc(-c2nc(-c3ccccc3-c3cccc4ccccc34)cc(-c3c4ccccc4cc4c3ccc3ccccc34)n2)cc1. The number of aromatic nitrogens is 2. The van der Waals surface area contributed by atoms with E-state index in [1.54, 1.807) is 0 Å². The van der Waals surface area contributed by atoms with E-state index in [4.69, 9.17) is 9.97 Å². The molecule has 0 amide bonds. The van der Waals surface area contributed by atoms with Gasteiger partial charge >= 0.3 is 0 Å². The summed E-state index contributed by atoms with van der Waals surface area (Å²) in [5, 5.41) is 9.70. The third-order valence-electron chi connectivity index (χ3n) is 9.07. The number of fused-ring (bicyclic) bond motifs is 5. The van der Waals surface area contributed by atoms with Crippen LogP contribution in [0.25, 0.3) is 88.1 Å². The Morgan fingerprint density at radius 2 is 0.891 bits per heavy atom. The molecule has 0 atom stereocenters. The van der Waals surface area contributed by atoms with Gasteiger partial charge < -0.3 is 0 Å². The van der Waals surface area contributed by atoms with E-state index in [1.807, 2.05) is 6.07 Å². The monoisotopic (exact) mass is 584 g/mol. The highest BCUT2D eigenvalue weighted by molar-refractivity contribution is 6.20. The van der Waals surface area contributed by atoms with Gasteiger partial charge in [0.05, 0.1) is 11.4 Å². The second-order valence-electron chi connectivity index (χ2n) is 11.8. The molecule has 1 heterocycles. The van der Waals surface area contributed by atoms with Gasteiger partial charge in [-0.25, -0.2) is 9.97 Å². The first-order chi connectivity index (χ1) is 22.8. The van der Waals surface area contributed by atoms with E-state index in [1.165, 1.54) is 48.7 Å². The van der Waals surface area contributed by atoms with E-state index in [-0.39, 0.29) is 0 Å². The zero-order valence-electron chi connectivity index (χ0n) is 25.1. The molecule has 0 aliphatic carbocycles. The molecule has 0 saturated heterocycles. The molecule has 0 spiro atoms. The molecule has 1 aromatic heterocycles. The van der Waals surface area contributed by atoms with Crippen LogP contribution in [-0.2, 0) is 0 Å². The number of hydrogen-bond acceptors (Lipinski definition) is 2. The molecule has 2 heteroatoms. The van der Waals surface area contributed by atoms with Gasteiger partial charge in [-0.3, -0.25) is 0 Å². The molecule has 46 heavy (non-hydrogen) atoms. The van der Waals surface area contributed by atoms with Gasteiger partial charge in [0.15, 0.2) is 5.82 Å². The topological polar surface area (TPSA) is 25.8 Å². The first-order valence-corrected chi connectivity index (χ1v) is 15.7. The van der Waals surface area contributed by atoms with Crippen LogP contribution in [0.5, 0.6) is 0 Å². The summed E-state index contributed by atoms with van der Waals surface area (Å²) in [7, 11) is 0. The molecule has 2 nitrogen and oxygen atoms in total. The predicted octanol–water partition coefficient (Wildman–Crippen LogP) is 11.8. The molecule has 0 bridgehead atoms. The highest BCUT2D eigenvalue weighted by Crippen LogP contribution is 2.42. The molecule has 0 unspecified atom stereocenters. The summed E-state index contributed by atoms with van der Waals surface area (Å²) in [5.74, 6) is 0.711. The minimum absolute atomic E-state index is 0.711. The van der Waals surface area contributed by atoms with E-state index in [2.05, 4.69) is 164 Å². The summed E-state index contributed by atoms with van der Waals surface area (Å²) in [5.41, 5.74) is 7.34. The van der Waals surface area contributed by atoms with Crippen molar-refractivity contribution < 1.29 is 0 Å². The van der Waals surface area contributed by atoms with Crippen molar-refractivity contribution in [1.82, 2.24) is 9.97 Å². The van der Waals surface area contributed by atoms with Crippen molar-refractivity contribution in [3.63, 3.8) is 0 Å². The molecule has 9 aromatic rings. The Bertz CT molecular complexity index is 2580. The van der Waals surface area contributed by atoms with Crippen LogP contribution in [0.2, 0.25) is 0 Å². The van der Waals surface area contributed by atoms with E-state index in [0.717, 1.165) is 33.6 Å². The first-order valence-electron chi connectivity index (χ1n) is 15.7. The van der Waals surface area contributed by atoms with Gasteiger partial charge in [-0.05, 0) is 66.3 Å². The lowest BCUT2D eigenvalue weighted by atomic mass is 9.90. The van der Waals surface area contributed by atoms with Gasteiger partial charge in [0, 0.05) is 16.7 Å². The van der Waals surface area contributed by atoms with Crippen LogP contribution < -0.4 is 0 Å². The second-order valence-corrected chi connectivity index (χ2v) is 11.8. The maximum Gasteiger partial charge on any atom is 0.160 e. The number of rotatable bonds is 4. The highest BCUT2D eigenvalue weighted by Gasteiger charge is 2.18. The van der Waals surface area contributed by atoms with Gasteiger partial charge in [0.1, 0.15) is 0 Å². The van der Waals surface area contributed by atoms with E-state index in [0.29, 0.717) is 5.82 Å². The summed E-state index contributed by atoms with van der Waals surface area (Å²) < 4.78 is 0. The standard InChI is InChI=1S/C44H28N2/c1-2-15-31(16-3-1)44-45-41(38-23-11-10-22-37(38)36-24-12-18-29-13-4-7-19-33(29)36)28-42(46-44)43-35-21-9-6-17-32(35)27-40-34-20-8-5-14-30(34)25-26-39(40)43/h1-28H. The fourth-order valence-electron chi connectivity index (χ4n) is 6.93. The van der Waals surface area contributed by atoms with Gasteiger partial charge in [0.2, 0.25) is 0 Å². The minimum Gasteiger partial charge on any atom is -0.228 e. The number of nitrogens with zero attached hydrogens (tertiary/aromatic N) is 2. The Morgan fingerprint density at radius 1 is 0.304 bits per heavy atom. The Kier molecular flexibility index (Phi) is 6.17. The van der Waals surface area contributed by atoms with Crippen LogP contribution in [0.4, 0.5) is 0 Å². The van der Waals surface area contributed by atoms with Crippen molar-refractivity contribution in [3.8, 4) is 45.0 Å². The summed E-state index contributed by atoms with van der Waals surface area (Å²) in [4.78, 5) is 10.6. The van der Waals surface area contributed by atoms with Crippen molar-refractivity contribution in [3.05, 3.63) is 170 Å². The molecule has 0 saturated carbocycles. The lowest BCUT2D eigenvalue weighted by Crippen LogP contribution is -1.98. The molecular formula is C44H28N2. The van der Waals surface area contributed by atoms with Crippen molar-refractivity contribution in [1.29, 1.82) is 0 Å². The number of hydrogen-bond donors (Lipinski definition) is 0. The van der Waals surface area contributed by atoms with Gasteiger partial charge in [-0.1, -0.05) is 158 Å². The summed E-state index contributed by atoms with van der Waals surface area (Å²) in [6, 6.07) is 60.3. The third-order valence-corrected chi connectivity index (χ3v) is 9.07. The zero-order valence-corrected chi connectivity index (χ0v) is 25.1. The average molecular weight is 585 g/mol. The Hall–Kier alpha value is -6.12. The molecule has 0 aliphatic rings. The zero-order chi connectivity index (χ0) is 30.5. The molecule has 9 rings (SSSR count). The Morgan fingerprint density at radius 3 is 1.72 bits per heavy atom. The smallest absolute Gasteiger partial charge is 0.160 e. The quantitative estimate of drug-likeness (QED) is 0.152. The van der Waals surface area contributed by atoms with Crippen molar-refractivity contribution in [2.75, 3.05) is 0 Å². The van der Waals surface area contributed by atoms with E-state index >= 15 is 0 Å². The first kappa shape index (κ1) is 26.3. The second kappa shape index (κ2) is 10.8. The highest BCUT2D eigenvalue weighted by atomic mass is 14.9. The Labute approximate surface area is 267 Å². The van der Waals surface area contributed by atoms with E-state index < -0.39 is 0 Å². The van der Waals surface area contributed by atoms with Crippen molar-refractivity contribution >= 4 is 43.1 Å². The average Bonchev–Trinajstić information content (AvgIpc) is 3.13. The van der Waals surface area contributed by atoms with Gasteiger partial charge in [-0.15, -0.1) is 0 Å². The normalized spacial score (nSPS) is 11.5. The fraction of sp³-hybridized carbons (Fsp3) is 0. The third kappa shape index (κ3) is 4.35. The van der Waals surface area contributed by atoms with Crippen LogP contribution in [0.3, 0.4) is 0 Å². The molecular weight excluding hydrogens is 556 g/mol. The maximum atomic E-state index is 5.32. The summed E-state index contributed by atoms with van der Waals surface area (Å²) >= 11 is 0. The summed E-state index contributed by atoms with van der Waals surface area (Å²) in [6.45, 7) is 0. The van der Waals surface area contributed by atoms with E-state index in [9.17, 15) is 0 Å². The molecule has 0 aliphatic heterocycles. The minimum atomic E-state index is 0.711. The van der Waals surface area contributed by atoms with Crippen LogP contribution in [0.15, 0.2) is 170 Å². The molecule has 0 fully saturated rings. The van der Waals surface area contributed by atoms with Gasteiger partial charge in [-0.2, -0.15) is 0 Å². The lowest BCUT2D eigenvalue weighted by Gasteiger charge is -2.17. The number of benzene rings is 8. The molecule has 8 aromatic carbocycles. The predicted molar refractivity (Wildman–Crippen MR) is 194 cm³/mol. The Balaban J connectivity index is 1.37. The van der Waals surface area contributed by atoms with Crippen molar-refractivity contribution in [2.45, 2.75) is 0 Å². The summed E-state index contributed by atoms with van der Waals surface area (Å²) in [6.07, 6.45) is 0. The molecule has 214 valence electrons. The van der Waals surface area contributed by atoms with Crippen LogP contribution >= 0.6 is 0 Å². The molecule has 0 N–H and O–H groups in total. The van der Waals surface area contributed by atoms with Crippen LogP contribution in [-0.4, -0.2) is 9.97 Å².